The quantitative estimate of drug-likeness (QED) is 0.513. The number of thioether (sulfide) groups is 1. The first kappa shape index (κ1) is 24.3. The molecule has 0 bridgehead atoms. The number of carbonyl (C=O) groups is 1. The Morgan fingerprint density at radius 3 is 2.53 bits per heavy atom. The molecular formula is C21H29BrN4O3S. The molecule has 164 valence electrons. The van der Waals surface area contributed by atoms with Crippen molar-refractivity contribution in [1.29, 1.82) is 0 Å². The molecule has 30 heavy (non-hydrogen) atoms. The topological polar surface area (TPSA) is 101 Å². The van der Waals surface area contributed by atoms with Crippen LogP contribution in [-0.2, 0) is 11.3 Å². The van der Waals surface area contributed by atoms with Gasteiger partial charge in [0.2, 0.25) is 5.91 Å². The van der Waals surface area contributed by atoms with Gasteiger partial charge in [-0.3, -0.25) is 19.1 Å². The molecule has 1 heterocycles. The molecule has 1 aromatic carbocycles. The number of unbranched alkanes of at least 4 members (excludes halogenated alkanes) is 1. The van der Waals surface area contributed by atoms with Gasteiger partial charge in [-0.15, -0.1) is 11.8 Å². The van der Waals surface area contributed by atoms with Crippen LogP contribution in [0.2, 0.25) is 0 Å². The molecule has 0 aliphatic carbocycles. The minimum absolute atomic E-state index is 0.0377. The van der Waals surface area contributed by atoms with E-state index in [2.05, 4.69) is 20.9 Å². The van der Waals surface area contributed by atoms with Crippen molar-refractivity contribution in [3.63, 3.8) is 0 Å². The first-order chi connectivity index (χ1) is 14.2. The van der Waals surface area contributed by atoms with Crippen LogP contribution in [0.15, 0.2) is 31.1 Å². The van der Waals surface area contributed by atoms with Crippen LogP contribution in [0.4, 0.5) is 11.5 Å². The Labute approximate surface area is 189 Å². The third-order valence-corrected chi connectivity index (χ3v) is 6.77. The number of hydrogen-bond donors (Lipinski definition) is 2. The lowest BCUT2D eigenvalue weighted by molar-refractivity contribution is -0.116. The van der Waals surface area contributed by atoms with Crippen LogP contribution >= 0.6 is 27.7 Å². The zero-order chi connectivity index (χ0) is 22.4. The molecule has 0 saturated carbocycles. The summed E-state index contributed by atoms with van der Waals surface area (Å²) in [5.41, 5.74) is 7.22. The molecule has 0 atom stereocenters. The number of nitrogens with one attached hydrogen (secondary N) is 1. The van der Waals surface area contributed by atoms with Crippen molar-refractivity contribution in [1.82, 2.24) is 9.55 Å². The predicted octanol–water partition coefficient (Wildman–Crippen LogP) is 3.83. The van der Waals surface area contributed by atoms with Crippen molar-refractivity contribution in [3.8, 4) is 0 Å². The molecule has 0 unspecified atom stereocenters. The Kier molecular flexibility index (Phi) is 8.78. The molecule has 0 saturated heterocycles. The van der Waals surface area contributed by atoms with E-state index in [-0.39, 0.29) is 23.2 Å². The summed E-state index contributed by atoms with van der Waals surface area (Å²) in [6.07, 6.45) is 2.25. The molecule has 1 amide bonds. The zero-order valence-electron chi connectivity index (χ0n) is 17.9. The Bertz CT molecular complexity index is 1030. The maximum Gasteiger partial charge on any atom is 0.330 e. The first-order valence-corrected chi connectivity index (χ1v) is 11.8. The number of aryl methyl sites for hydroxylation is 2. The van der Waals surface area contributed by atoms with Gasteiger partial charge in [0.05, 0.1) is 5.75 Å². The van der Waals surface area contributed by atoms with E-state index in [9.17, 15) is 14.4 Å². The number of amides is 1. The van der Waals surface area contributed by atoms with Crippen LogP contribution in [0.25, 0.3) is 0 Å². The van der Waals surface area contributed by atoms with Gasteiger partial charge in [0.25, 0.3) is 5.56 Å². The number of rotatable bonds is 9. The second kappa shape index (κ2) is 10.9. The van der Waals surface area contributed by atoms with Gasteiger partial charge < -0.3 is 10.6 Å². The van der Waals surface area contributed by atoms with E-state index in [1.54, 1.807) is 0 Å². The molecule has 0 radical (unpaired) electrons. The molecule has 2 aromatic rings. The van der Waals surface area contributed by atoms with Crippen molar-refractivity contribution in [3.05, 3.63) is 48.6 Å². The third kappa shape index (κ3) is 5.57. The summed E-state index contributed by atoms with van der Waals surface area (Å²) in [5.74, 6) is -0.0136. The number of anilines is 2. The van der Waals surface area contributed by atoms with Crippen molar-refractivity contribution in [2.75, 3.05) is 22.9 Å². The third-order valence-electron chi connectivity index (χ3n) is 4.77. The molecule has 0 aliphatic heterocycles. The average molecular weight is 497 g/mol. The maximum absolute atomic E-state index is 13.1. The fourth-order valence-electron chi connectivity index (χ4n) is 3.09. The summed E-state index contributed by atoms with van der Waals surface area (Å²) in [5, 5.41) is 0. The average Bonchev–Trinajstić information content (AvgIpc) is 2.69. The highest BCUT2D eigenvalue weighted by Gasteiger charge is 2.24. The van der Waals surface area contributed by atoms with Gasteiger partial charge >= 0.3 is 5.69 Å². The summed E-state index contributed by atoms with van der Waals surface area (Å²) < 4.78 is 2.34. The summed E-state index contributed by atoms with van der Waals surface area (Å²) in [4.78, 5) is 42.6. The number of nitrogen functional groups attached to an aromatic ring is 1. The van der Waals surface area contributed by atoms with Crippen LogP contribution in [0.1, 0.15) is 44.2 Å². The lowest BCUT2D eigenvalue weighted by Crippen LogP contribution is -2.42. The summed E-state index contributed by atoms with van der Waals surface area (Å²) in [7, 11) is 0. The molecule has 9 heteroatoms. The first-order valence-electron chi connectivity index (χ1n) is 10.0. The van der Waals surface area contributed by atoms with Crippen molar-refractivity contribution >= 4 is 45.1 Å². The number of H-pyrrole nitrogens is 1. The van der Waals surface area contributed by atoms with Crippen LogP contribution in [0.3, 0.4) is 0 Å². The van der Waals surface area contributed by atoms with Crippen LogP contribution in [-0.4, -0.2) is 27.8 Å². The molecule has 0 aliphatic rings. The number of nitrogens with zero attached hydrogens (tertiary/aromatic N) is 2. The van der Waals surface area contributed by atoms with E-state index in [1.165, 1.54) is 21.2 Å². The minimum atomic E-state index is -0.630. The summed E-state index contributed by atoms with van der Waals surface area (Å²) in [6, 6.07) is 4.07. The largest absolute Gasteiger partial charge is 0.383 e. The number of aromatic amines is 1. The van der Waals surface area contributed by atoms with Gasteiger partial charge in [0.1, 0.15) is 5.82 Å². The van der Waals surface area contributed by atoms with E-state index in [1.807, 2.05) is 39.8 Å². The Balaban J connectivity index is 2.37. The number of hydrogen-bond acceptors (Lipinski definition) is 5. The van der Waals surface area contributed by atoms with E-state index in [0.717, 1.165) is 33.3 Å². The molecule has 3 N–H and O–H groups in total. The highest BCUT2D eigenvalue weighted by Crippen LogP contribution is 2.29. The van der Waals surface area contributed by atoms with Gasteiger partial charge in [0.15, 0.2) is 5.69 Å². The van der Waals surface area contributed by atoms with Gasteiger partial charge in [-0.2, -0.15) is 0 Å². The number of aromatic nitrogens is 2. The van der Waals surface area contributed by atoms with Crippen LogP contribution in [0.5, 0.6) is 0 Å². The van der Waals surface area contributed by atoms with Crippen molar-refractivity contribution < 1.29 is 4.79 Å². The molecule has 1 aromatic heterocycles. The minimum Gasteiger partial charge on any atom is -0.383 e. The molecule has 0 fully saturated rings. The standard InChI is InChI=1S/C21H29BrN4O3S/c1-5-7-9-25(18-19(23)26(8-6-2)21(29)24-20(18)28)17(27)12-30-16-11-13(3)15(22)10-14(16)4/h10-11H,5-9,12,23H2,1-4H3,(H,24,28,29). The van der Waals surface area contributed by atoms with Gasteiger partial charge in [0, 0.05) is 22.5 Å². The van der Waals surface area contributed by atoms with E-state index in [0.29, 0.717) is 19.5 Å². The molecule has 7 nitrogen and oxygen atoms in total. The Morgan fingerprint density at radius 1 is 1.20 bits per heavy atom. The number of nitrogens with two attached hydrogens (primary N) is 1. The van der Waals surface area contributed by atoms with Gasteiger partial charge in [-0.05, 0) is 49.9 Å². The smallest absolute Gasteiger partial charge is 0.330 e. The lowest BCUT2D eigenvalue weighted by Gasteiger charge is -2.24. The molecule has 0 spiro atoms. The van der Waals surface area contributed by atoms with Crippen molar-refractivity contribution in [2.45, 2.75) is 58.4 Å². The molecule has 2 rings (SSSR count). The normalized spacial score (nSPS) is 11.0. The van der Waals surface area contributed by atoms with Crippen LogP contribution in [0, 0.1) is 13.8 Å². The lowest BCUT2D eigenvalue weighted by atomic mass is 10.2. The van der Waals surface area contributed by atoms with E-state index < -0.39 is 11.2 Å². The Morgan fingerprint density at radius 2 is 1.90 bits per heavy atom. The number of carbonyl (C=O) groups excluding carboxylic acids is 1. The van der Waals surface area contributed by atoms with Crippen molar-refractivity contribution in [2.24, 2.45) is 0 Å². The fraction of sp³-hybridized carbons (Fsp3) is 0.476. The number of benzene rings is 1. The van der Waals surface area contributed by atoms with E-state index >= 15 is 0 Å². The maximum atomic E-state index is 13.1. The van der Waals surface area contributed by atoms with Gasteiger partial charge in [-0.1, -0.05) is 36.2 Å². The monoisotopic (exact) mass is 496 g/mol. The highest BCUT2D eigenvalue weighted by molar-refractivity contribution is 9.10. The second-order valence-corrected chi connectivity index (χ2v) is 9.07. The van der Waals surface area contributed by atoms with Crippen LogP contribution < -0.4 is 21.9 Å². The SMILES string of the molecule is CCCCN(C(=O)CSc1cc(C)c(Br)cc1C)c1c(N)n(CCC)c(=O)[nH]c1=O. The second-order valence-electron chi connectivity index (χ2n) is 7.20. The fourth-order valence-corrected chi connectivity index (χ4v) is 4.53. The molecular weight excluding hydrogens is 468 g/mol. The zero-order valence-corrected chi connectivity index (χ0v) is 20.3. The summed E-state index contributed by atoms with van der Waals surface area (Å²) >= 11 is 4.95. The number of halogens is 1. The highest BCUT2D eigenvalue weighted by atomic mass is 79.9. The predicted molar refractivity (Wildman–Crippen MR) is 128 cm³/mol. The van der Waals surface area contributed by atoms with E-state index in [4.69, 9.17) is 5.73 Å². The van der Waals surface area contributed by atoms with Gasteiger partial charge in [-0.25, -0.2) is 4.79 Å². The summed E-state index contributed by atoms with van der Waals surface area (Å²) in [6.45, 7) is 8.66. The Hall–Kier alpha value is -2.00.